The number of rotatable bonds is 9. The summed E-state index contributed by atoms with van der Waals surface area (Å²) in [5.41, 5.74) is -1.38. The first-order valence-electron chi connectivity index (χ1n) is 10.4. The number of nitrogens with zero attached hydrogens (tertiary/aromatic N) is 2. The zero-order valence-corrected chi connectivity index (χ0v) is 22.5. The second-order valence-corrected chi connectivity index (χ2v) is 10.8. The van der Waals surface area contributed by atoms with Gasteiger partial charge in [-0.3, -0.25) is 13.9 Å². The monoisotopic (exact) mass is 587 g/mol. The van der Waals surface area contributed by atoms with E-state index >= 15 is 0 Å². The summed E-state index contributed by atoms with van der Waals surface area (Å²) in [4.78, 5) is 27.1. The Labute approximate surface area is 222 Å². The third kappa shape index (κ3) is 7.18. The lowest BCUT2D eigenvalue weighted by Gasteiger charge is -2.33. The molecule has 198 valence electrons. The van der Waals surface area contributed by atoms with Crippen molar-refractivity contribution >= 4 is 62.3 Å². The molecule has 0 saturated heterocycles. The highest BCUT2D eigenvalue weighted by molar-refractivity contribution is 7.92. The second-order valence-electron chi connectivity index (χ2n) is 7.69. The molecule has 0 aliphatic heterocycles. The van der Waals surface area contributed by atoms with Crippen LogP contribution in [0.5, 0.6) is 0 Å². The highest BCUT2D eigenvalue weighted by Gasteiger charge is 2.36. The van der Waals surface area contributed by atoms with Gasteiger partial charge in [0.25, 0.3) is 0 Å². The Bertz CT molecular complexity index is 1220. The Morgan fingerprint density at radius 3 is 2.11 bits per heavy atom. The predicted octanol–water partition coefficient (Wildman–Crippen LogP) is 4.99. The molecule has 0 saturated carbocycles. The fourth-order valence-corrected chi connectivity index (χ4v) is 5.02. The Morgan fingerprint density at radius 2 is 1.64 bits per heavy atom. The molecule has 0 unspecified atom stereocenters. The average Bonchev–Trinajstić information content (AvgIpc) is 2.77. The van der Waals surface area contributed by atoms with Gasteiger partial charge in [0.1, 0.15) is 12.6 Å². The van der Waals surface area contributed by atoms with E-state index in [-0.39, 0.29) is 23.0 Å². The Balaban J connectivity index is 2.57. The van der Waals surface area contributed by atoms with Crippen molar-refractivity contribution < 1.29 is 31.2 Å². The van der Waals surface area contributed by atoms with E-state index in [2.05, 4.69) is 5.32 Å². The van der Waals surface area contributed by atoms with Gasteiger partial charge < -0.3 is 10.2 Å². The zero-order valence-electron chi connectivity index (χ0n) is 19.4. The molecule has 0 heterocycles. The number of carbonyl (C=O) groups excluding carboxylic acids is 2. The van der Waals surface area contributed by atoms with Crippen LogP contribution in [0, 0.1) is 0 Å². The molecule has 7 nitrogen and oxygen atoms in total. The number of carbonyl (C=O) groups is 2. The Hall–Kier alpha value is -2.21. The van der Waals surface area contributed by atoms with Gasteiger partial charge in [0.15, 0.2) is 0 Å². The van der Waals surface area contributed by atoms with Gasteiger partial charge in [-0.25, -0.2) is 8.42 Å². The summed E-state index contributed by atoms with van der Waals surface area (Å²) < 4.78 is 65.8. The van der Waals surface area contributed by atoms with Crippen molar-refractivity contribution in [1.29, 1.82) is 0 Å². The third-order valence-corrected chi connectivity index (χ3v) is 7.42. The van der Waals surface area contributed by atoms with Crippen LogP contribution in [-0.2, 0) is 32.3 Å². The molecule has 36 heavy (non-hydrogen) atoms. The number of sulfonamides is 1. The van der Waals surface area contributed by atoms with Gasteiger partial charge in [0, 0.05) is 29.2 Å². The van der Waals surface area contributed by atoms with E-state index in [0.717, 1.165) is 23.3 Å². The normalized spacial score (nSPS) is 12.7. The van der Waals surface area contributed by atoms with Crippen LogP contribution in [0.3, 0.4) is 0 Å². The van der Waals surface area contributed by atoms with Crippen LogP contribution < -0.4 is 9.62 Å². The van der Waals surface area contributed by atoms with Gasteiger partial charge in [0.2, 0.25) is 21.8 Å². The van der Waals surface area contributed by atoms with E-state index in [1.54, 1.807) is 13.0 Å². The average molecular weight is 589 g/mol. The number of alkyl halides is 3. The van der Waals surface area contributed by atoms with Crippen molar-refractivity contribution in [3.05, 3.63) is 62.6 Å². The van der Waals surface area contributed by atoms with Gasteiger partial charge >= 0.3 is 6.18 Å². The standard InChI is InChI=1S/C22H23Cl3F3N3O4S/c1-4-19(21(33)29-2)30(11-14-16(23)6-5-7-17(14)24)20(32)12-31(36(3,34)35)13-8-9-18(25)15(10-13)22(26,27)28/h5-10,19H,4,11-12H2,1-3H3,(H,29,33)/t19-/m1/s1. The van der Waals surface area contributed by atoms with Gasteiger partial charge in [-0.05, 0) is 36.8 Å². The number of amides is 2. The molecule has 1 atom stereocenters. The Kier molecular flexibility index (Phi) is 9.91. The first kappa shape index (κ1) is 30.0. The SMILES string of the molecule is CC[C@H](C(=O)NC)N(Cc1c(Cl)cccc1Cl)C(=O)CN(c1ccc(Cl)c(C(F)(F)F)c1)S(C)(=O)=O. The van der Waals surface area contributed by atoms with E-state index in [1.807, 2.05) is 0 Å². The summed E-state index contributed by atoms with van der Waals surface area (Å²) in [7, 11) is -2.88. The molecule has 14 heteroatoms. The highest BCUT2D eigenvalue weighted by Crippen LogP contribution is 2.37. The van der Waals surface area contributed by atoms with Crippen LogP contribution in [0.25, 0.3) is 0 Å². The highest BCUT2D eigenvalue weighted by atomic mass is 35.5. The first-order chi connectivity index (χ1) is 16.6. The van der Waals surface area contributed by atoms with Crippen molar-refractivity contribution in [2.45, 2.75) is 32.1 Å². The maximum atomic E-state index is 13.5. The summed E-state index contributed by atoms with van der Waals surface area (Å²) in [6.45, 7) is 0.486. The van der Waals surface area contributed by atoms with Gasteiger partial charge in [-0.15, -0.1) is 0 Å². The summed E-state index contributed by atoms with van der Waals surface area (Å²) in [6, 6.07) is 6.08. The summed E-state index contributed by atoms with van der Waals surface area (Å²) in [5, 5.41) is 2.22. The van der Waals surface area contributed by atoms with Crippen LogP contribution in [0.4, 0.5) is 18.9 Å². The lowest BCUT2D eigenvalue weighted by Crippen LogP contribution is -2.51. The minimum absolute atomic E-state index is 0.144. The molecule has 0 aliphatic rings. The van der Waals surface area contributed by atoms with Gasteiger partial charge in [0.05, 0.1) is 22.5 Å². The summed E-state index contributed by atoms with van der Waals surface area (Å²) in [6.07, 6.45) is -3.97. The molecule has 0 radical (unpaired) electrons. The summed E-state index contributed by atoms with van der Waals surface area (Å²) in [5.74, 6) is -1.40. The lowest BCUT2D eigenvalue weighted by molar-refractivity contribution is -0.140. The number of nitrogens with one attached hydrogen (secondary N) is 1. The van der Waals surface area contributed by atoms with Crippen LogP contribution in [-0.4, -0.2) is 51.0 Å². The largest absolute Gasteiger partial charge is 0.417 e. The van der Waals surface area contributed by atoms with E-state index in [9.17, 15) is 31.2 Å². The number of likely N-dealkylation sites (N-methyl/N-ethyl adjacent to an activating group) is 1. The maximum absolute atomic E-state index is 13.5. The fraction of sp³-hybridized carbons (Fsp3) is 0.364. The van der Waals surface area contributed by atoms with Crippen LogP contribution in [0.15, 0.2) is 36.4 Å². The minimum Gasteiger partial charge on any atom is -0.357 e. The Morgan fingerprint density at radius 1 is 1.06 bits per heavy atom. The van der Waals surface area contributed by atoms with Crippen LogP contribution >= 0.6 is 34.8 Å². The first-order valence-corrected chi connectivity index (χ1v) is 13.4. The number of anilines is 1. The lowest BCUT2D eigenvalue weighted by atomic mass is 10.1. The number of halogens is 6. The van der Waals surface area contributed by atoms with Crippen LogP contribution in [0.2, 0.25) is 15.1 Å². The third-order valence-electron chi connectivity index (χ3n) is 5.24. The molecule has 2 aromatic carbocycles. The van der Waals surface area contributed by atoms with Crippen molar-refractivity contribution in [2.24, 2.45) is 0 Å². The molecule has 2 rings (SSSR count). The molecule has 0 aliphatic carbocycles. The molecule has 0 spiro atoms. The van der Waals surface area contributed by atoms with Crippen molar-refractivity contribution in [2.75, 3.05) is 24.2 Å². The zero-order chi connectivity index (χ0) is 27.4. The predicted molar refractivity (Wildman–Crippen MR) is 134 cm³/mol. The molecule has 1 N–H and O–H groups in total. The molecule has 0 aromatic heterocycles. The number of benzene rings is 2. The van der Waals surface area contributed by atoms with E-state index < -0.39 is 56.9 Å². The molecular weight excluding hydrogens is 566 g/mol. The van der Waals surface area contributed by atoms with Crippen molar-refractivity contribution in [3.8, 4) is 0 Å². The van der Waals surface area contributed by atoms with Gasteiger partial charge in [-0.2, -0.15) is 13.2 Å². The fourth-order valence-electron chi connectivity index (χ4n) is 3.44. The van der Waals surface area contributed by atoms with Crippen LogP contribution in [0.1, 0.15) is 24.5 Å². The molecule has 0 fully saturated rings. The smallest absolute Gasteiger partial charge is 0.357 e. The number of hydrogen-bond donors (Lipinski definition) is 1. The van der Waals surface area contributed by atoms with Gasteiger partial charge in [-0.1, -0.05) is 47.8 Å². The molecule has 2 amide bonds. The maximum Gasteiger partial charge on any atom is 0.417 e. The molecule has 0 bridgehead atoms. The number of hydrogen-bond acceptors (Lipinski definition) is 4. The van der Waals surface area contributed by atoms with E-state index in [1.165, 1.54) is 19.2 Å². The minimum atomic E-state index is -4.86. The van der Waals surface area contributed by atoms with Crippen molar-refractivity contribution in [1.82, 2.24) is 10.2 Å². The second kappa shape index (κ2) is 11.9. The summed E-state index contributed by atoms with van der Waals surface area (Å²) >= 11 is 18.1. The molecule has 2 aromatic rings. The molecular formula is C22H23Cl3F3N3O4S. The topological polar surface area (TPSA) is 86.8 Å². The van der Waals surface area contributed by atoms with E-state index in [0.29, 0.717) is 15.9 Å². The van der Waals surface area contributed by atoms with E-state index in [4.69, 9.17) is 34.8 Å². The van der Waals surface area contributed by atoms with Crippen molar-refractivity contribution in [3.63, 3.8) is 0 Å². The quantitative estimate of drug-likeness (QED) is 0.448.